The van der Waals surface area contributed by atoms with Crippen LogP contribution in [0.3, 0.4) is 0 Å². The van der Waals surface area contributed by atoms with Crippen LogP contribution in [0, 0.1) is 16.7 Å². The van der Waals surface area contributed by atoms with Crippen LogP contribution in [-0.4, -0.2) is 30.4 Å². The first kappa shape index (κ1) is 19.2. The van der Waals surface area contributed by atoms with E-state index < -0.39 is 0 Å². The van der Waals surface area contributed by atoms with Crippen molar-refractivity contribution >= 4 is 11.6 Å². The van der Waals surface area contributed by atoms with Gasteiger partial charge in [0.05, 0.1) is 23.9 Å². The molecule has 0 atom stereocenters. The fraction of sp³-hybridized carbons (Fsp3) is 0.583. The summed E-state index contributed by atoms with van der Waals surface area (Å²) in [7, 11) is 0. The summed E-state index contributed by atoms with van der Waals surface area (Å²) in [6.07, 6.45) is 11.5. The van der Waals surface area contributed by atoms with Crippen LogP contribution in [-0.2, 0) is 11.2 Å². The van der Waals surface area contributed by atoms with Gasteiger partial charge >= 0.3 is 0 Å². The lowest BCUT2D eigenvalue weighted by atomic mass is 9.65. The molecule has 4 heteroatoms. The van der Waals surface area contributed by atoms with E-state index >= 15 is 0 Å². The van der Waals surface area contributed by atoms with E-state index in [2.05, 4.69) is 34.5 Å². The zero-order valence-electron chi connectivity index (χ0n) is 16.8. The number of nitrogens with one attached hydrogen (secondary N) is 1. The highest BCUT2D eigenvalue weighted by Crippen LogP contribution is 2.49. The third-order valence-electron chi connectivity index (χ3n) is 6.85. The molecule has 4 rings (SSSR count). The van der Waals surface area contributed by atoms with Gasteiger partial charge in [-0.2, -0.15) is 5.26 Å². The third kappa shape index (κ3) is 3.86. The minimum atomic E-state index is -0.104. The molecule has 0 unspecified atom stereocenters. The maximum absolute atomic E-state index is 12.9. The van der Waals surface area contributed by atoms with Crippen molar-refractivity contribution in [2.75, 3.05) is 19.6 Å². The number of nitrogens with zero attached hydrogens (tertiary/aromatic N) is 2. The van der Waals surface area contributed by atoms with E-state index in [0.29, 0.717) is 6.54 Å². The van der Waals surface area contributed by atoms with Gasteiger partial charge in [0.15, 0.2) is 0 Å². The standard InChI is InChI=1S/C24H31N3O/c25-17-21-23(26-22(28)18-27-14-8-3-9-15-27)20-11-5-4-10-19(20)16-24(21)12-6-1-2-7-13-24/h4-5,10-11H,1-3,6-9,12-16,18H2,(H,26,28). The first-order chi connectivity index (χ1) is 13.7. The molecule has 3 aliphatic rings. The number of benzene rings is 1. The van der Waals surface area contributed by atoms with E-state index in [4.69, 9.17) is 0 Å². The SMILES string of the molecule is N#CC1=C(NC(=O)CN2CCCCC2)c2ccccc2CC12CCCCCC2. The Morgan fingerprint density at radius 2 is 1.71 bits per heavy atom. The zero-order chi connectivity index (χ0) is 19.4. The smallest absolute Gasteiger partial charge is 0.238 e. The van der Waals surface area contributed by atoms with Crippen LogP contribution in [0.15, 0.2) is 29.8 Å². The second kappa shape index (κ2) is 8.49. The van der Waals surface area contributed by atoms with Gasteiger partial charge in [0.2, 0.25) is 5.91 Å². The Balaban J connectivity index is 1.66. The van der Waals surface area contributed by atoms with Crippen molar-refractivity contribution in [3.63, 3.8) is 0 Å². The number of likely N-dealkylation sites (tertiary alicyclic amines) is 1. The minimum absolute atomic E-state index is 0.0186. The molecule has 1 heterocycles. The molecule has 1 aromatic rings. The fourth-order valence-corrected chi connectivity index (χ4v) is 5.41. The van der Waals surface area contributed by atoms with Crippen molar-refractivity contribution < 1.29 is 4.79 Å². The molecule has 1 saturated heterocycles. The van der Waals surface area contributed by atoms with Gasteiger partial charge in [0.25, 0.3) is 0 Å². The molecule has 4 nitrogen and oxygen atoms in total. The van der Waals surface area contributed by atoms with Gasteiger partial charge in [-0.25, -0.2) is 0 Å². The van der Waals surface area contributed by atoms with Crippen molar-refractivity contribution in [2.24, 2.45) is 5.41 Å². The van der Waals surface area contributed by atoms with Crippen molar-refractivity contribution in [3.8, 4) is 6.07 Å². The number of rotatable bonds is 3. The minimum Gasteiger partial charge on any atom is -0.324 e. The van der Waals surface area contributed by atoms with Gasteiger partial charge < -0.3 is 5.32 Å². The Labute approximate surface area is 168 Å². The molecule has 2 fully saturated rings. The van der Waals surface area contributed by atoms with E-state index in [-0.39, 0.29) is 11.3 Å². The lowest BCUT2D eigenvalue weighted by molar-refractivity contribution is -0.121. The number of fused-ring (bicyclic) bond motifs is 1. The summed E-state index contributed by atoms with van der Waals surface area (Å²) in [5, 5.41) is 13.4. The van der Waals surface area contributed by atoms with E-state index in [1.165, 1.54) is 50.5 Å². The number of allylic oxidation sites excluding steroid dienone is 1. The van der Waals surface area contributed by atoms with Crippen LogP contribution in [0.2, 0.25) is 0 Å². The highest BCUT2D eigenvalue weighted by molar-refractivity contribution is 5.91. The van der Waals surface area contributed by atoms with Crippen LogP contribution < -0.4 is 5.32 Å². The van der Waals surface area contributed by atoms with E-state index in [1.54, 1.807) is 0 Å². The van der Waals surface area contributed by atoms with Gasteiger partial charge in [0, 0.05) is 11.0 Å². The second-order valence-electron chi connectivity index (χ2n) is 8.78. The van der Waals surface area contributed by atoms with E-state index in [1.807, 2.05) is 6.07 Å². The van der Waals surface area contributed by atoms with E-state index in [9.17, 15) is 10.1 Å². The number of nitriles is 1. The zero-order valence-corrected chi connectivity index (χ0v) is 16.8. The number of amides is 1. The number of carbonyl (C=O) groups excluding carboxylic acids is 1. The van der Waals surface area contributed by atoms with Gasteiger partial charge in [-0.15, -0.1) is 0 Å². The van der Waals surface area contributed by atoms with E-state index in [0.717, 1.165) is 49.2 Å². The molecule has 2 aliphatic carbocycles. The van der Waals surface area contributed by atoms with Crippen LogP contribution >= 0.6 is 0 Å². The maximum Gasteiger partial charge on any atom is 0.238 e. The number of hydrogen-bond acceptors (Lipinski definition) is 3. The third-order valence-corrected chi connectivity index (χ3v) is 6.85. The lowest BCUT2D eigenvalue weighted by Gasteiger charge is -2.39. The van der Waals surface area contributed by atoms with Gasteiger partial charge in [-0.1, -0.05) is 56.4 Å². The van der Waals surface area contributed by atoms with Crippen molar-refractivity contribution in [1.82, 2.24) is 10.2 Å². The van der Waals surface area contributed by atoms with Crippen molar-refractivity contribution in [3.05, 3.63) is 41.0 Å². The normalized spacial score (nSPS) is 22.2. The highest BCUT2D eigenvalue weighted by Gasteiger charge is 2.41. The van der Waals surface area contributed by atoms with Gasteiger partial charge in [-0.3, -0.25) is 9.69 Å². The van der Waals surface area contributed by atoms with Crippen LogP contribution in [0.1, 0.15) is 68.9 Å². The summed E-state index contributed by atoms with van der Waals surface area (Å²) >= 11 is 0. The molecule has 148 valence electrons. The Hall–Kier alpha value is -2.12. The average molecular weight is 378 g/mol. The number of hydrogen-bond donors (Lipinski definition) is 1. The van der Waals surface area contributed by atoms with Crippen LogP contribution in [0.25, 0.3) is 5.70 Å². The summed E-state index contributed by atoms with van der Waals surface area (Å²) < 4.78 is 0. The largest absolute Gasteiger partial charge is 0.324 e. The van der Waals surface area contributed by atoms with Crippen LogP contribution in [0.5, 0.6) is 0 Å². The molecule has 1 aromatic carbocycles. The summed E-state index contributed by atoms with van der Waals surface area (Å²) in [4.78, 5) is 15.1. The molecule has 1 saturated carbocycles. The quantitative estimate of drug-likeness (QED) is 0.848. The molecule has 0 bridgehead atoms. The summed E-state index contributed by atoms with van der Waals surface area (Å²) in [5.41, 5.74) is 3.82. The Bertz CT molecular complexity index is 790. The summed E-state index contributed by atoms with van der Waals surface area (Å²) in [6, 6.07) is 10.9. The molecule has 0 aromatic heterocycles. The highest BCUT2D eigenvalue weighted by atomic mass is 16.2. The summed E-state index contributed by atoms with van der Waals surface area (Å²) in [5.74, 6) is 0.0186. The number of carbonyl (C=O) groups is 1. The fourth-order valence-electron chi connectivity index (χ4n) is 5.41. The summed E-state index contributed by atoms with van der Waals surface area (Å²) in [6.45, 7) is 2.42. The molecule has 0 radical (unpaired) electrons. The Morgan fingerprint density at radius 1 is 1.04 bits per heavy atom. The van der Waals surface area contributed by atoms with Crippen molar-refractivity contribution in [1.29, 1.82) is 5.26 Å². The molecule has 1 amide bonds. The Morgan fingerprint density at radius 3 is 2.43 bits per heavy atom. The molecule has 1 N–H and O–H groups in total. The number of piperidine rings is 1. The molecule has 1 spiro atoms. The molecule has 1 aliphatic heterocycles. The van der Waals surface area contributed by atoms with Gasteiger partial charge in [0.1, 0.15) is 0 Å². The predicted molar refractivity (Wildman–Crippen MR) is 111 cm³/mol. The predicted octanol–water partition coefficient (Wildman–Crippen LogP) is 4.42. The van der Waals surface area contributed by atoms with Gasteiger partial charge in [-0.05, 0) is 50.8 Å². The second-order valence-corrected chi connectivity index (χ2v) is 8.78. The first-order valence-corrected chi connectivity index (χ1v) is 11.0. The molecular formula is C24H31N3O. The van der Waals surface area contributed by atoms with Crippen molar-refractivity contribution in [2.45, 2.75) is 64.2 Å². The Kier molecular flexibility index (Phi) is 5.82. The lowest BCUT2D eigenvalue weighted by Crippen LogP contribution is -2.41. The first-order valence-electron chi connectivity index (χ1n) is 11.0. The monoisotopic (exact) mass is 377 g/mol. The maximum atomic E-state index is 12.9. The molecule has 28 heavy (non-hydrogen) atoms. The average Bonchev–Trinajstić information content (AvgIpc) is 2.95. The molecular weight excluding hydrogens is 346 g/mol. The van der Waals surface area contributed by atoms with Crippen LogP contribution in [0.4, 0.5) is 0 Å². The topological polar surface area (TPSA) is 56.1 Å².